The largest absolute Gasteiger partial charge is 0.310 e. The molecule has 1 aromatic carbocycles. The molecule has 0 aliphatic carbocycles. The molecule has 1 aliphatic rings. The van der Waals surface area contributed by atoms with Crippen molar-refractivity contribution in [2.75, 3.05) is 6.54 Å². The van der Waals surface area contributed by atoms with Crippen LogP contribution in [0.3, 0.4) is 0 Å². The molecule has 0 bridgehead atoms. The second-order valence-electron chi connectivity index (χ2n) is 3.86. The molecule has 2 unspecified atom stereocenters. The van der Waals surface area contributed by atoms with Gasteiger partial charge < -0.3 is 5.32 Å². The van der Waals surface area contributed by atoms with Crippen molar-refractivity contribution in [3.8, 4) is 0 Å². The summed E-state index contributed by atoms with van der Waals surface area (Å²) in [6.45, 7) is 3.45. The van der Waals surface area contributed by atoms with Crippen molar-refractivity contribution in [3.63, 3.8) is 0 Å². The zero-order valence-electron chi connectivity index (χ0n) is 7.76. The molecule has 1 aliphatic heterocycles. The molecule has 1 fully saturated rings. The van der Waals surface area contributed by atoms with Gasteiger partial charge in [-0.2, -0.15) is 0 Å². The van der Waals surface area contributed by atoms with Crippen LogP contribution in [0.25, 0.3) is 0 Å². The molecule has 1 heterocycles. The first-order valence-electron chi connectivity index (χ1n) is 4.74. The summed E-state index contributed by atoms with van der Waals surface area (Å²) in [5, 5.41) is 3.53. The summed E-state index contributed by atoms with van der Waals surface area (Å²) in [6, 6.07) is 9.13. The van der Waals surface area contributed by atoms with Gasteiger partial charge in [0, 0.05) is 10.5 Å². The van der Waals surface area contributed by atoms with Crippen molar-refractivity contribution in [2.45, 2.75) is 19.4 Å². The SMILES string of the molecule is CC1CNC(c2cccc(Br)c2)C1. The van der Waals surface area contributed by atoms with Crippen molar-refractivity contribution in [3.05, 3.63) is 34.3 Å². The summed E-state index contributed by atoms with van der Waals surface area (Å²) in [7, 11) is 0. The Labute approximate surface area is 87.7 Å². The van der Waals surface area contributed by atoms with Gasteiger partial charge in [0.25, 0.3) is 0 Å². The van der Waals surface area contributed by atoms with E-state index >= 15 is 0 Å². The number of rotatable bonds is 1. The van der Waals surface area contributed by atoms with Gasteiger partial charge in [0.05, 0.1) is 0 Å². The van der Waals surface area contributed by atoms with Crippen LogP contribution in [0.5, 0.6) is 0 Å². The van der Waals surface area contributed by atoms with E-state index in [9.17, 15) is 0 Å². The lowest BCUT2D eigenvalue weighted by Crippen LogP contribution is -2.13. The fourth-order valence-corrected chi connectivity index (χ4v) is 2.31. The smallest absolute Gasteiger partial charge is 0.0323 e. The Balaban J connectivity index is 2.16. The van der Waals surface area contributed by atoms with Crippen LogP contribution < -0.4 is 5.32 Å². The average molecular weight is 240 g/mol. The highest BCUT2D eigenvalue weighted by atomic mass is 79.9. The fourth-order valence-electron chi connectivity index (χ4n) is 1.89. The maximum Gasteiger partial charge on any atom is 0.0323 e. The van der Waals surface area contributed by atoms with E-state index in [1.807, 2.05) is 0 Å². The molecule has 0 aromatic heterocycles. The third-order valence-corrected chi connectivity index (χ3v) is 3.10. The quantitative estimate of drug-likeness (QED) is 0.795. The Kier molecular flexibility index (Phi) is 2.70. The molecule has 0 radical (unpaired) electrons. The number of benzene rings is 1. The van der Waals surface area contributed by atoms with E-state index in [1.165, 1.54) is 16.5 Å². The number of hydrogen-bond acceptors (Lipinski definition) is 1. The van der Waals surface area contributed by atoms with Gasteiger partial charge in [0.1, 0.15) is 0 Å². The van der Waals surface area contributed by atoms with Gasteiger partial charge in [-0.1, -0.05) is 35.0 Å². The van der Waals surface area contributed by atoms with Crippen LogP contribution in [0.1, 0.15) is 24.9 Å². The Morgan fingerprint density at radius 2 is 2.31 bits per heavy atom. The van der Waals surface area contributed by atoms with Gasteiger partial charge in [0.2, 0.25) is 0 Å². The average Bonchev–Trinajstić information content (AvgIpc) is 2.52. The van der Waals surface area contributed by atoms with E-state index in [-0.39, 0.29) is 0 Å². The lowest BCUT2D eigenvalue weighted by molar-refractivity contribution is 0.611. The summed E-state index contributed by atoms with van der Waals surface area (Å²) < 4.78 is 1.17. The first-order valence-corrected chi connectivity index (χ1v) is 5.54. The molecule has 1 aromatic rings. The first kappa shape index (κ1) is 9.22. The van der Waals surface area contributed by atoms with Crippen LogP contribution in [0.4, 0.5) is 0 Å². The molecule has 2 rings (SSSR count). The van der Waals surface area contributed by atoms with E-state index in [0.717, 1.165) is 12.5 Å². The maximum atomic E-state index is 3.53. The lowest BCUT2D eigenvalue weighted by Gasteiger charge is -2.10. The molecule has 1 nitrogen and oxygen atoms in total. The van der Waals surface area contributed by atoms with Crippen LogP contribution in [-0.4, -0.2) is 6.54 Å². The predicted molar refractivity (Wildman–Crippen MR) is 58.7 cm³/mol. The van der Waals surface area contributed by atoms with Crippen LogP contribution in [0, 0.1) is 5.92 Å². The Morgan fingerprint density at radius 3 is 2.92 bits per heavy atom. The van der Waals surface area contributed by atoms with Gasteiger partial charge >= 0.3 is 0 Å². The van der Waals surface area contributed by atoms with Crippen molar-refractivity contribution < 1.29 is 0 Å². The molecule has 1 saturated heterocycles. The highest BCUT2D eigenvalue weighted by Crippen LogP contribution is 2.27. The van der Waals surface area contributed by atoms with Crippen molar-refractivity contribution in [1.29, 1.82) is 0 Å². The minimum atomic E-state index is 0.562. The normalized spacial score (nSPS) is 27.8. The van der Waals surface area contributed by atoms with Crippen molar-refractivity contribution in [2.24, 2.45) is 5.92 Å². The van der Waals surface area contributed by atoms with Crippen molar-refractivity contribution in [1.82, 2.24) is 5.32 Å². The standard InChI is InChI=1S/C11H14BrN/c1-8-5-11(13-7-8)9-3-2-4-10(12)6-9/h2-4,6,8,11,13H,5,7H2,1H3. The van der Waals surface area contributed by atoms with Crippen LogP contribution >= 0.6 is 15.9 Å². The third-order valence-electron chi connectivity index (χ3n) is 2.60. The molecule has 2 heteroatoms. The number of halogens is 1. The third kappa shape index (κ3) is 2.12. The predicted octanol–water partition coefficient (Wildman–Crippen LogP) is 3.12. The topological polar surface area (TPSA) is 12.0 Å². The monoisotopic (exact) mass is 239 g/mol. The zero-order chi connectivity index (χ0) is 9.26. The zero-order valence-corrected chi connectivity index (χ0v) is 9.34. The van der Waals surface area contributed by atoms with Gasteiger partial charge in [-0.05, 0) is 36.6 Å². The van der Waals surface area contributed by atoms with Crippen LogP contribution in [-0.2, 0) is 0 Å². The van der Waals surface area contributed by atoms with Gasteiger partial charge in [-0.3, -0.25) is 0 Å². The molecular weight excluding hydrogens is 226 g/mol. The summed E-state index contributed by atoms with van der Waals surface area (Å²) in [5.74, 6) is 0.809. The van der Waals surface area contributed by atoms with Gasteiger partial charge in [-0.15, -0.1) is 0 Å². The highest BCUT2D eigenvalue weighted by molar-refractivity contribution is 9.10. The molecule has 2 atom stereocenters. The summed E-state index contributed by atoms with van der Waals surface area (Å²) >= 11 is 3.50. The molecular formula is C11H14BrN. The molecule has 13 heavy (non-hydrogen) atoms. The molecule has 70 valence electrons. The van der Waals surface area contributed by atoms with Gasteiger partial charge in [-0.25, -0.2) is 0 Å². The van der Waals surface area contributed by atoms with E-state index in [2.05, 4.69) is 52.4 Å². The van der Waals surface area contributed by atoms with E-state index in [4.69, 9.17) is 0 Å². The van der Waals surface area contributed by atoms with Crippen LogP contribution in [0.2, 0.25) is 0 Å². The Hall–Kier alpha value is -0.340. The lowest BCUT2D eigenvalue weighted by atomic mass is 10.0. The molecule has 0 saturated carbocycles. The van der Waals surface area contributed by atoms with E-state index in [0.29, 0.717) is 6.04 Å². The summed E-state index contributed by atoms with van der Waals surface area (Å²) in [6.07, 6.45) is 1.26. The molecule has 0 spiro atoms. The van der Waals surface area contributed by atoms with E-state index < -0.39 is 0 Å². The van der Waals surface area contributed by atoms with E-state index in [1.54, 1.807) is 0 Å². The Morgan fingerprint density at radius 1 is 1.46 bits per heavy atom. The molecule has 0 amide bonds. The van der Waals surface area contributed by atoms with Crippen molar-refractivity contribution >= 4 is 15.9 Å². The minimum Gasteiger partial charge on any atom is -0.310 e. The number of hydrogen-bond donors (Lipinski definition) is 1. The summed E-state index contributed by atoms with van der Waals surface area (Å²) in [5.41, 5.74) is 1.40. The van der Waals surface area contributed by atoms with Gasteiger partial charge in [0.15, 0.2) is 0 Å². The fraction of sp³-hybridized carbons (Fsp3) is 0.455. The molecule has 1 N–H and O–H groups in total. The second-order valence-corrected chi connectivity index (χ2v) is 4.77. The van der Waals surface area contributed by atoms with Crippen LogP contribution in [0.15, 0.2) is 28.7 Å². The first-order chi connectivity index (χ1) is 6.25. The maximum absolute atomic E-state index is 3.53. The highest BCUT2D eigenvalue weighted by Gasteiger charge is 2.21. The second kappa shape index (κ2) is 3.81. The summed E-state index contributed by atoms with van der Waals surface area (Å²) in [4.78, 5) is 0. The Bertz CT molecular complexity index is 298. The number of nitrogens with one attached hydrogen (secondary N) is 1. The minimum absolute atomic E-state index is 0.562.